The number of benzene rings is 9. The largest absolute Gasteiger partial charge is 0.310 e. The summed E-state index contributed by atoms with van der Waals surface area (Å²) >= 11 is 0. The zero-order valence-corrected chi connectivity index (χ0v) is 35.5. The molecule has 0 amide bonds. The smallest absolute Gasteiger partial charge is 0.0726 e. The lowest BCUT2D eigenvalue weighted by Crippen LogP contribution is -2.26. The van der Waals surface area contributed by atoms with Crippen molar-refractivity contribution in [3.63, 3.8) is 0 Å². The minimum atomic E-state index is -0.454. The summed E-state index contributed by atoms with van der Waals surface area (Å²) in [6.45, 7) is 9.58. The van der Waals surface area contributed by atoms with Crippen LogP contribution in [0.5, 0.6) is 0 Å². The van der Waals surface area contributed by atoms with Crippen molar-refractivity contribution in [2.24, 2.45) is 0 Å². The van der Waals surface area contributed by atoms with Crippen molar-refractivity contribution in [2.45, 2.75) is 43.9 Å². The molecular formula is C61H45N. The summed E-state index contributed by atoms with van der Waals surface area (Å²) < 4.78 is 0. The van der Waals surface area contributed by atoms with Crippen LogP contribution in [0.2, 0.25) is 0 Å². The highest BCUT2D eigenvalue weighted by Gasteiger charge is 2.52. The molecule has 62 heavy (non-hydrogen) atoms. The van der Waals surface area contributed by atoms with Crippen molar-refractivity contribution in [2.75, 3.05) is 4.90 Å². The Morgan fingerprint density at radius 2 is 0.710 bits per heavy atom. The van der Waals surface area contributed by atoms with Crippen molar-refractivity contribution < 1.29 is 0 Å². The fourth-order valence-corrected chi connectivity index (χ4v) is 12.5. The first kappa shape index (κ1) is 35.5. The molecule has 294 valence electrons. The van der Waals surface area contributed by atoms with Crippen LogP contribution in [-0.4, -0.2) is 0 Å². The molecule has 1 spiro atoms. The van der Waals surface area contributed by atoms with E-state index in [2.05, 4.69) is 233 Å². The molecule has 4 aliphatic carbocycles. The van der Waals surface area contributed by atoms with Gasteiger partial charge < -0.3 is 4.90 Å². The van der Waals surface area contributed by atoms with Gasteiger partial charge in [0.05, 0.1) is 16.8 Å². The van der Waals surface area contributed by atoms with Gasteiger partial charge in [0.15, 0.2) is 0 Å². The Labute approximate surface area is 364 Å². The van der Waals surface area contributed by atoms with Gasteiger partial charge in [-0.3, -0.25) is 0 Å². The Kier molecular flexibility index (Phi) is 7.12. The topological polar surface area (TPSA) is 3.24 Å². The third-order valence-corrected chi connectivity index (χ3v) is 15.1. The molecular weight excluding hydrogens is 747 g/mol. The predicted octanol–water partition coefficient (Wildman–Crippen LogP) is 15.8. The predicted molar refractivity (Wildman–Crippen MR) is 258 cm³/mol. The van der Waals surface area contributed by atoms with Crippen molar-refractivity contribution in [3.05, 3.63) is 245 Å². The van der Waals surface area contributed by atoms with E-state index in [1.54, 1.807) is 0 Å². The van der Waals surface area contributed by atoms with Crippen LogP contribution in [-0.2, 0) is 16.2 Å². The summed E-state index contributed by atoms with van der Waals surface area (Å²) in [6.07, 6.45) is 0. The Hall–Kier alpha value is -7.22. The number of para-hydroxylation sites is 1. The van der Waals surface area contributed by atoms with E-state index in [0.29, 0.717) is 0 Å². The van der Waals surface area contributed by atoms with Gasteiger partial charge in [0, 0.05) is 22.1 Å². The van der Waals surface area contributed by atoms with E-state index >= 15 is 0 Å². The molecule has 0 unspecified atom stereocenters. The third-order valence-electron chi connectivity index (χ3n) is 15.1. The number of hydrogen-bond donors (Lipinski definition) is 0. The lowest BCUT2D eigenvalue weighted by Gasteiger charge is -2.35. The molecule has 0 atom stereocenters. The molecule has 0 bridgehead atoms. The minimum absolute atomic E-state index is 0.107. The summed E-state index contributed by atoms with van der Waals surface area (Å²) in [5.41, 5.74) is 26.7. The minimum Gasteiger partial charge on any atom is -0.310 e. The molecule has 4 aliphatic rings. The Bertz CT molecular complexity index is 3310. The summed E-state index contributed by atoms with van der Waals surface area (Å²) in [5.74, 6) is 0. The van der Waals surface area contributed by atoms with Crippen molar-refractivity contribution in [1.82, 2.24) is 0 Å². The van der Waals surface area contributed by atoms with Crippen LogP contribution >= 0.6 is 0 Å². The first-order chi connectivity index (χ1) is 30.3. The van der Waals surface area contributed by atoms with Gasteiger partial charge in [-0.2, -0.15) is 0 Å². The van der Waals surface area contributed by atoms with Gasteiger partial charge in [-0.15, -0.1) is 0 Å². The first-order valence-corrected chi connectivity index (χ1v) is 22.1. The van der Waals surface area contributed by atoms with E-state index < -0.39 is 5.41 Å². The molecule has 13 rings (SSSR count). The van der Waals surface area contributed by atoms with Gasteiger partial charge in [-0.05, 0) is 119 Å². The van der Waals surface area contributed by atoms with Gasteiger partial charge in [0.1, 0.15) is 0 Å². The van der Waals surface area contributed by atoms with E-state index in [1.165, 1.54) is 112 Å². The second-order valence-electron chi connectivity index (χ2n) is 18.7. The van der Waals surface area contributed by atoms with E-state index in [1.807, 2.05) is 0 Å². The molecule has 0 radical (unpaired) electrons. The average molecular weight is 792 g/mol. The molecule has 9 aromatic rings. The Morgan fingerprint density at radius 1 is 0.290 bits per heavy atom. The van der Waals surface area contributed by atoms with Gasteiger partial charge in [0.25, 0.3) is 0 Å². The molecule has 0 saturated carbocycles. The lowest BCUT2D eigenvalue weighted by atomic mass is 9.70. The van der Waals surface area contributed by atoms with Gasteiger partial charge in [-0.25, -0.2) is 0 Å². The second kappa shape index (κ2) is 12.4. The number of anilines is 3. The standard InChI is InChI=1S/C61H45N/c1-59(2)49-28-12-9-24-47(49)57-45(25-17-32-53(57)59)44-23-10-16-33-55(44)62(56-34-18-26-46-42-22-5-11-27-48(42)60(3,4)58(46)56)38-35-36-43-41-21-8-15-31-52(41)61(54(43)37-38)50-29-13-6-19-39(50)40-20-7-14-30-51(40)61/h5-37H,1-4H3. The highest BCUT2D eigenvalue weighted by molar-refractivity contribution is 6.01. The highest BCUT2D eigenvalue weighted by atomic mass is 15.1. The molecule has 0 aliphatic heterocycles. The maximum Gasteiger partial charge on any atom is 0.0726 e. The molecule has 1 nitrogen and oxygen atoms in total. The van der Waals surface area contributed by atoms with E-state index in [4.69, 9.17) is 0 Å². The molecule has 0 N–H and O–H groups in total. The normalized spacial score (nSPS) is 15.5. The van der Waals surface area contributed by atoms with Crippen LogP contribution in [0.15, 0.2) is 200 Å². The number of fused-ring (bicyclic) bond motifs is 16. The van der Waals surface area contributed by atoms with Gasteiger partial charge in [0.2, 0.25) is 0 Å². The molecule has 9 aromatic carbocycles. The monoisotopic (exact) mass is 791 g/mol. The van der Waals surface area contributed by atoms with Crippen LogP contribution in [0.1, 0.15) is 72.2 Å². The van der Waals surface area contributed by atoms with E-state index in [0.717, 1.165) is 5.69 Å². The van der Waals surface area contributed by atoms with Crippen molar-refractivity contribution in [3.8, 4) is 55.6 Å². The molecule has 0 saturated heterocycles. The lowest BCUT2D eigenvalue weighted by molar-refractivity contribution is 0.660. The number of nitrogens with zero attached hydrogens (tertiary/aromatic N) is 1. The molecule has 0 heterocycles. The van der Waals surface area contributed by atoms with Crippen molar-refractivity contribution >= 4 is 17.1 Å². The summed E-state index contributed by atoms with van der Waals surface area (Å²) in [5, 5.41) is 0. The van der Waals surface area contributed by atoms with Crippen LogP contribution in [0.25, 0.3) is 55.6 Å². The summed E-state index contributed by atoms with van der Waals surface area (Å²) in [6, 6.07) is 75.9. The Balaban J connectivity index is 1.12. The zero-order chi connectivity index (χ0) is 41.5. The maximum absolute atomic E-state index is 2.61. The van der Waals surface area contributed by atoms with Crippen LogP contribution in [0.4, 0.5) is 17.1 Å². The fourth-order valence-electron chi connectivity index (χ4n) is 12.5. The van der Waals surface area contributed by atoms with Gasteiger partial charge in [-0.1, -0.05) is 204 Å². The highest BCUT2D eigenvalue weighted by Crippen LogP contribution is 2.64. The Morgan fingerprint density at radius 3 is 1.34 bits per heavy atom. The maximum atomic E-state index is 2.61. The van der Waals surface area contributed by atoms with Crippen LogP contribution in [0.3, 0.4) is 0 Å². The first-order valence-electron chi connectivity index (χ1n) is 22.1. The number of rotatable bonds is 4. The second-order valence-corrected chi connectivity index (χ2v) is 18.7. The third kappa shape index (κ3) is 4.38. The molecule has 0 fully saturated rings. The fraction of sp³-hybridized carbons (Fsp3) is 0.115. The van der Waals surface area contributed by atoms with E-state index in [-0.39, 0.29) is 10.8 Å². The van der Waals surface area contributed by atoms with Gasteiger partial charge >= 0.3 is 0 Å². The molecule has 0 aromatic heterocycles. The summed E-state index contributed by atoms with van der Waals surface area (Å²) in [7, 11) is 0. The average Bonchev–Trinajstić information content (AvgIpc) is 3.95. The quantitative estimate of drug-likeness (QED) is 0.172. The van der Waals surface area contributed by atoms with Crippen LogP contribution in [0, 0.1) is 0 Å². The zero-order valence-electron chi connectivity index (χ0n) is 35.5. The van der Waals surface area contributed by atoms with Crippen LogP contribution < -0.4 is 4.90 Å². The van der Waals surface area contributed by atoms with E-state index in [9.17, 15) is 0 Å². The van der Waals surface area contributed by atoms with Crippen molar-refractivity contribution in [1.29, 1.82) is 0 Å². The SMILES string of the molecule is CC1(C)c2ccccc2-c2c(-c3ccccc3N(c3ccc4c(c3)C3(c5ccccc5-c5ccccc53)c3ccccc3-4)c3cccc4c3C(C)(C)c3ccccc3-4)cccc21. The molecule has 1 heteroatoms. The number of hydrogen-bond acceptors (Lipinski definition) is 1. The summed E-state index contributed by atoms with van der Waals surface area (Å²) in [4.78, 5) is 2.61.